The Morgan fingerprint density at radius 2 is 2.18 bits per heavy atom. The Bertz CT molecular complexity index is 294. The molecule has 3 heteroatoms. The normalized spacial score (nSPS) is 13.5. The average molecular weight is 152 g/mol. The molecule has 0 aromatic heterocycles. The SMILES string of the molecule is Cc1cc(O)c2c(c1)OCO2. The summed E-state index contributed by atoms with van der Waals surface area (Å²) in [5.41, 5.74) is 0.965. The molecule has 1 aliphatic heterocycles. The number of phenolic OH excluding ortho intramolecular Hbond substituents is 1. The first-order valence-corrected chi connectivity index (χ1v) is 3.36. The van der Waals surface area contributed by atoms with E-state index in [-0.39, 0.29) is 12.5 Å². The van der Waals surface area contributed by atoms with Gasteiger partial charge in [0.05, 0.1) is 0 Å². The van der Waals surface area contributed by atoms with Gasteiger partial charge in [-0.3, -0.25) is 0 Å². The van der Waals surface area contributed by atoms with Crippen molar-refractivity contribution in [2.24, 2.45) is 0 Å². The number of ether oxygens (including phenoxy) is 2. The van der Waals surface area contributed by atoms with Crippen LogP contribution in [0.15, 0.2) is 12.1 Å². The summed E-state index contributed by atoms with van der Waals surface area (Å²) in [5, 5.41) is 9.31. The van der Waals surface area contributed by atoms with Crippen LogP contribution in [-0.4, -0.2) is 11.9 Å². The second-order valence-corrected chi connectivity index (χ2v) is 2.52. The van der Waals surface area contributed by atoms with Gasteiger partial charge in [-0.2, -0.15) is 0 Å². The quantitative estimate of drug-likeness (QED) is 0.611. The maximum atomic E-state index is 9.31. The molecule has 1 aromatic carbocycles. The minimum atomic E-state index is 0.150. The molecule has 58 valence electrons. The Hall–Kier alpha value is -1.38. The number of aromatic hydroxyl groups is 1. The summed E-state index contributed by atoms with van der Waals surface area (Å²) in [7, 11) is 0. The zero-order valence-corrected chi connectivity index (χ0v) is 6.13. The fraction of sp³-hybridized carbons (Fsp3) is 0.250. The zero-order chi connectivity index (χ0) is 7.84. The number of hydrogen-bond donors (Lipinski definition) is 1. The Balaban J connectivity index is 2.60. The van der Waals surface area contributed by atoms with Gasteiger partial charge in [-0.05, 0) is 24.6 Å². The molecule has 0 bridgehead atoms. The molecular weight excluding hydrogens is 144 g/mol. The lowest BCUT2D eigenvalue weighted by Crippen LogP contribution is -1.93. The van der Waals surface area contributed by atoms with Crippen LogP contribution >= 0.6 is 0 Å². The summed E-state index contributed by atoms with van der Waals surface area (Å²) < 4.78 is 10.1. The van der Waals surface area contributed by atoms with E-state index in [0.29, 0.717) is 11.5 Å². The van der Waals surface area contributed by atoms with Crippen LogP contribution in [0.2, 0.25) is 0 Å². The fourth-order valence-electron chi connectivity index (χ4n) is 1.13. The molecule has 11 heavy (non-hydrogen) atoms. The highest BCUT2D eigenvalue weighted by atomic mass is 16.7. The van der Waals surface area contributed by atoms with Crippen molar-refractivity contribution < 1.29 is 14.6 Å². The molecule has 3 nitrogen and oxygen atoms in total. The van der Waals surface area contributed by atoms with Gasteiger partial charge in [-0.25, -0.2) is 0 Å². The first kappa shape index (κ1) is 6.34. The summed E-state index contributed by atoms with van der Waals surface area (Å²) in [6.07, 6.45) is 0. The van der Waals surface area contributed by atoms with Crippen LogP contribution in [0.1, 0.15) is 5.56 Å². The van der Waals surface area contributed by atoms with Crippen LogP contribution in [-0.2, 0) is 0 Å². The van der Waals surface area contributed by atoms with Gasteiger partial charge in [0.2, 0.25) is 12.5 Å². The molecule has 1 heterocycles. The van der Waals surface area contributed by atoms with Crippen LogP contribution in [0, 0.1) is 6.92 Å². The van der Waals surface area contributed by atoms with Crippen molar-refractivity contribution >= 4 is 0 Å². The fourth-order valence-corrected chi connectivity index (χ4v) is 1.13. The zero-order valence-electron chi connectivity index (χ0n) is 6.13. The Morgan fingerprint density at radius 3 is 3.00 bits per heavy atom. The molecule has 0 saturated carbocycles. The van der Waals surface area contributed by atoms with Crippen LogP contribution in [0.3, 0.4) is 0 Å². The second kappa shape index (κ2) is 2.05. The molecule has 0 unspecified atom stereocenters. The largest absolute Gasteiger partial charge is 0.504 e. The van der Waals surface area contributed by atoms with E-state index in [9.17, 15) is 5.11 Å². The summed E-state index contributed by atoms with van der Waals surface area (Å²) in [5.74, 6) is 1.23. The molecule has 0 spiro atoms. The lowest BCUT2D eigenvalue weighted by Gasteiger charge is -1.99. The van der Waals surface area contributed by atoms with Gasteiger partial charge in [0.25, 0.3) is 0 Å². The summed E-state index contributed by atoms with van der Waals surface area (Å²) in [4.78, 5) is 0. The first-order chi connectivity index (χ1) is 5.27. The molecule has 0 fully saturated rings. The minimum Gasteiger partial charge on any atom is -0.504 e. The highest BCUT2D eigenvalue weighted by Crippen LogP contribution is 2.40. The summed E-state index contributed by atoms with van der Waals surface area (Å²) in [6.45, 7) is 2.09. The number of fused-ring (bicyclic) bond motifs is 1. The predicted octanol–water partition coefficient (Wildman–Crippen LogP) is 1.43. The molecule has 2 rings (SSSR count). The predicted molar refractivity (Wildman–Crippen MR) is 39.0 cm³/mol. The molecule has 0 amide bonds. The Morgan fingerprint density at radius 1 is 1.36 bits per heavy atom. The van der Waals surface area contributed by atoms with Crippen LogP contribution in [0.4, 0.5) is 0 Å². The maximum absolute atomic E-state index is 9.31. The van der Waals surface area contributed by atoms with E-state index in [4.69, 9.17) is 9.47 Å². The molecule has 0 atom stereocenters. The van der Waals surface area contributed by atoms with Crippen LogP contribution in [0.25, 0.3) is 0 Å². The molecule has 0 radical (unpaired) electrons. The molecule has 0 aliphatic carbocycles. The van der Waals surface area contributed by atoms with Crippen molar-refractivity contribution in [2.75, 3.05) is 6.79 Å². The molecule has 1 N–H and O–H groups in total. The third kappa shape index (κ3) is 0.888. The van der Waals surface area contributed by atoms with Crippen molar-refractivity contribution in [3.8, 4) is 17.2 Å². The monoisotopic (exact) mass is 152 g/mol. The van der Waals surface area contributed by atoms with Crippen molar-refractivity contribution in [1.29, 1.82) is 0 Å². The second-order valence-electron chi connectivity index (χ2n) is 2.52. The van der Waals surface area contributed by atoms with E-state index in [1.807, 2.05) is 13.0 Å². The lowest BCUT2D eigenvalue weighted by molar-refractivity contribution is 0.171. The summed E-state index contributed by atoms with van der Waals surface area (Å²) >= 11 is 0. The third-order valence-corrected chi connectivity index (χ3v) is 1.60. The highest BCUT2D eigenvalue weighted by molar-refractivity contribution is 5.53. The van der Waals surface area contributed by atoms with Gasteiger partial charge in [0, 0.05) is 0 Å². The Kier molecular flexibility index (Phi) is 1.18. The van der Waals surface area contributed by atoms with E-state index in [1.54, 1.807) is 6.07 Å². The van der Waals surface area contributed by atoms with E-state index >= 15 is 0 Å². The van der Waals surface area contributed by atoms with Crippen molar-refractivity contribution in [1.82, 2.24) is 0 Å². The van der Waals surface area contributed by atoms with Gasteiger partial charge in [-0.15, -0.1) is 0 Å². The lowest BCUT2D eigenvalue weighted by atomic mass is 10.2. The van der Waals surface area contributed by atoms with Crippen LogP contribution < -0.4 is 9.47 Å². The molecule has 0 saturated heterocycles. The van der Waals surface area contributed by atoms with Crippen molar-refractivity contribution in [2.45, 2.75) is 6.92 Å². The smallest absolute Gasteiger partial charge is 0.231 e. The van der Waals surface area contributed by atoms with Gasteiger partial charge in [-0.1, -0.05) is 0 Å². The number of rotatable bonds is 0. The number of hydrogen-bond acceptors (Lipinski definition) is 3. The molecule has 1 aromatic rings. The number of benzene rings is 1. The first-order valence-electron chi connectivity index (χ1n) is 3.36. The third-order valence-electron chi connectivity index (χ3n) is 1.60. The highest BCUT2D eigenvalue weighted by Gasteiger charge is 2.17. The van der Waals surface area contributed by atoms with Gasteiger partial charge < -0.3 is 14.6 Å². The van der Waals surface area contributed by atoms with E-state index < -0.39 is 0 Å². The van der Waals surface area contributed by atoms with E-state index in [1.165, 1.54) is 0 Å². The van der Waals surface area contributed by atoms with Gasteiger partial charge >= 0.3 is 0 Å². The van der Waals surface area contributed by atoms with Gasteiger partial charge in [0.1, 0.15) is 0 Å². The number of phenols is 1. The topological polar surface area (TPSA) is 38.7 Å². The van der Waals surface area contributed by atoms with E-state index in [2.05, 4.69) is 0 Å². The number of aryl methyl sites for hydroxylation is 1. The average Bonchev–Trinajstić information content (AvgIpc) is 2.34. The maximum Gasteiger partial charge on any atom is 0.231 e. The summed E-state index contributed by atoms with van der Waals surface area (Å²) in [6, 6.07) is 3.48. The Labute approximate surface area is 64.2 Å². The van der Waals surface area contributed by atoms with Gasteiger partial charge in [0.15, 0.2) is 11.5 Å². The van der Waals surface area contributed by atoms with Crippen molar-refractivity contribution in [3.63, 3.8) is 0 Å². The molecular formula is C8H8O3. The van der Waals surface area contributed by atoms with Crippen LogP contribution in [0.5, 0.6) is 17.2 Å². The van der Waals surface area contributed by atoms with E-state index in [0.717, 1.165) is 5.56 Å². The minimum absolute atomic E-state index is 0.150. The standard InChI is InChI=1S/C8H8O3/c1-5-2-6(9)8-7(3-5)10-4-11-8/h2-3,9H,4H2,1H3. The molecule has 1 aliphatic rings. The van der Waals surface area contributed by atoms with Crippen molar-refractivity contribution in [3.05, 3.63) is 17.7 Å².